The third kappa shape index (κ3) is 6.50. The van der Waals surface area contributed by atoms with Gasteiger partial charge >= 0.3 is 0 Å². The number of guanidine groups is 1. The van der Waals surface area contributed by atoms with E-state index in [1.54, 1.807) is 7.05 Å². The van der Waals surface area contributed by atoms with Crippen LogP contribution in [0.3, 0.4) is 0 Å². The van der Waals surface area contributed by atoms with Crippen LogP contribution in [0.15, 0.2) is 15.6 Å². The Morgan fingerprint density at radius 2 is 1.95 bits per heavy atom. The van der Waals surface area contributed by atoms with Crippen LogP contribution in [0.5, 0.6) is 0 Å². The van der Waals surface area contributed by atoms with Crippen LogP contribution >= 0.6 is 0 Å². The van der Waals surface area contributed by atoms with E-state index in [1.165, 1.54) is 0 Å². The summed E-state index contributed by atoms with van der Waals surface area (Å²) in [5.41, 5.74) is 1.37. The second kappa shape index (κ2) is 8.81. The van der Waals surface area contributed by atoms with Crippen molar-refractivity contribution in [1.82, 2.24) is 15.8 Å². The zero-order valence-corrected chi connectivity index (χ0v) is 15.0. The minimum Gasteiger partial charge on any atom is -0.359 e. The van der Waals surface area contributed by atoms with Crippen molar-refractivity contribution >= 4 is 5.96 Å². The molecule has 1 aromatic heterocycles. The lowest BCUT2D eigenvalue weighted by molar-refractivity contribution is 0.366. The lowest BCUT2D eigenvalue weighted by atomic mass is 9.92. The highest BCUT2D eigenvalue weighted by Crippen LogP contribution is 2.22. The summed E-state index contributed by atoms with van der Waals surface area (Å²) in [6.45, 7) is 12.6. The molecule has 1 aromatic rings. The van der Waals surface area contributed by atoms with Gasteiger partial charge in [0.2, 0.25) is 0 Å². The standard InChI is InChI=1S/C17H32N4O/c1-7-13(8-2)15-11-14(22-21-15)12-20-16(18-6)19-10-9-17(3,4)5/h11,13H,7-10,12H2,1-6H3,(H2,18,19,20). The topological polar surface area (TPSA) is 62.5 Å². The molecule has 0 aromatic carbocycles. The molecule has 0 saturated heterocycles. The SMILES string of the molecule is CCC(CC)c1cc(CNC(=NC)NCCC(C)(C)C)on1. The van der Waals surface area contributed by atoms with Gasteiger partial charge in [0.25, 0.3) is 0 Å². The molecule has 0 unspecified atom stereocenters. The summed E-state index contributed by atoms with van der Waals surface area (Å²) < 4.78 is 5.41. The average Bonchev–Trinajstić information content (AvgIpc) is 2.91. The summed E-state index contributed by atoms with van der Waals surface area (Å²) in [5.74, 6) is 2.13. The lowest BCUT2D eigenvalue weighted by Gasteiger charge is -2.19. The fourth-order valence-electron chi connectivity index (χ4n) is 2.26. The van der Waals surface area contributed by atoms with Gasteiger partial charge in [-0.15, -0.1) is 0 Å². The van der Waals surface area contributed by atoms with Crippen molar-refractivity contribution < 1.29 is 4.52 Å². The molecule has 0 radical (unpaired) electrons. The van der Waals surface area contributed by atoms with Crippen molar-refractivity contribution in [2.45, 2.75) is 66.3 Å². The number of aromatic nitrogens is 1. The van der Waals surface area contributed by atoms with Crippen LogP contribution in [0.2, 0.25) is 0 Å². The second-order valence-electron chi connectivity index (χ2n) is 6.89. The molecule has 0 amide bonds. The molecule has 0 fully saturated rings. The molecule has 0 aliphatic rings. The second-order valence-corrected chi connectivity index (χ2v) is 6.89. The van der Waals surface area contributed by atoms with Gasteiger partial charge in [0.1, 0.15) is 0 Å². The maximum atomic E-state index is 5.41. The van der Waals surface area contributed by atoms with Gasteiger partial charge in [-0.2, -0.15) is 0 Å². The van der Waals surface area contributed by atoms with Crippen molar-refractivity contribution in [2.75, 3.05) is 13.6 Å². The van der Waals surface area contributed by atoms with E-state index in [4.69, 9.17) is 4.52 Å². The zero-order chi connectivity index (χ0) is 16.6. The van der Waals surface area contributed by atoms with Crippen LogP contribution in [0.4, 0.5) is 0 Å². The van der Waals surface area contributed by atoms with E-state index in [0.29, 0.717) is 17.9 Å². The summed E-state index contributed by atoms with van der Waals surface area (Å²) in [6.07, 6.45) is 3.27. The first-order chi connectivity index (χ1) is 10.4. The highest BCUT2D eigenvalue weighted by atomic mass is 16.5. The Morgan fingerprint density at radius 3 is 2.50 bits per heavy atom. The predicted octanol–water partition coefficient (Wildman–Crippen LogP) is 3.68. The Bertz CT molecular complexity index is 455. The first-order valence-electron chi connectivity index (χ1n) is 8.29. The molecule has 0 aliphatic heterocycles. The number of nitrogens with zero attached hydrogens (tertiary/aromatic N) is 2. The summed E-state index contributed by atoms with van der Waals surface area (Å²) in [7, 11) is 1.78. The molecule has 22 heavy (non-hydrogen) atoms. The van der Waals surface area contributed by atoms with E-state index in [1.807, 2.05) is 6.07 Å². The van der Waals surface area contributed by atoms with E-state index in [2.05, 4.69) is 55.4 Å². The van der Waals surface area contributed by atoms with Crippen molar-refractivity contribution in [3.63, 3.8) is 0 Å². The van der Waals surface area contributed by atoms with Crippen molar-refractivity contribution in [3.05, 3.63) is 17.5 Å². The van der Waals surface area contributed by atoms with Gasteiger partial charge in [-0.3, -0.25) is 4.99 Å². The maximum absolute atomic E-state index is 5.41. The molecular weight excluding hydrogens is 276 g/mol. The number of hydrogen-bond acceptors (Lipinski definition) is 3. The number of nitrogens with one attached hydrogen (secondary N) is 2. The van der Waals surface area contributed by atoms with Gasteiger partial charge in [0, 0.05) is 25.6 Å². The Balaban J connectivity index is 2.44. The highest BCUT2D eigenvalue weighted by molar-refractivity contribution is 5.79. The minimum atomic E-state index is 0.320. The molecule has 5 nitrogen and oxygen atoms in total. The summed E-state index contributed by atoms with van der Waals surface area (Å²) in [6, 6.07) is 2.05. The van der Waals surface area contributed by atoms with Gasteiger partial charge in [-0.1, -0.05) is 39.8 Å². The van der Waals surface area contributed by atoms with E-state index >= 15 is 0 Å². The normalized spacial score (nSPS) is 12.8. The van der Waals surface area contributed by atoms with Crippen molar-refractivity contribution in [2.24, 2.45) is 10.4 Å². The molecule has 5 heteroatoms. The van der Waals surface area contributed by atoms with E-state index in [0.717, 1.165) is 43.2 Å². The maximum Gasteiger partial charge on any atom is 0.191 e. The Hall–Kier alpha value is -1.52. The van der Waals surface area contributed by atoms with Crippen LogP contribution in [0.25, 0.3) is 0 Å². The lowest BCUT2D eigenvalue weighted by Crippen LogP contribution is -2.38. The number of hydrogen-bond donors (Lipinski definition) is 2. The molecule has 2 N–H and O–H groups in total. The molecule has 0 bridgehead atoms. The average molecular weight is 308 g/mol. The molecular formula is C17H32N4O. The summed E-state index contributed by atoms with van der Waals surface area (Å²) in [4.78, 5) is 4.23. The molecule has 126 valence electrons. The third-order valence-corrected chi connectivity index (χ3v) is 3.80. The van der Waals surface area contributed by atoms with E-state index < -0.39 is 0 Å². The first kappa shape index (κ1) is 18.5. The quantitative estimate of drug-likeness (QED) is 0.596. The smallest absolute Gasteiger partial charge is 0.191 e. The molecule has 0 saturated carbocycles. The fraction of sp³-hybridized carbons (Fsp3) is 0.765. The highest BCUT2D eigenvalue weighted by Gasteiger charge is 2.13. The van der Waals surface area contributed by atoms with Gasteiger partial charge in [0.05, 0.1) is 12.2 Å². The van der Waals surface area contributed by atoms with Crippen LogP contribution in [-0.2, 0) is 6.54 Å². The van der Waals surface area contributed by atoms with Crippen LogP contribution in [0, 0.1) is 5.41 Å². The molecule has 1 heterocycles. The van der Waals surface area contributed by atoms with Gasteiger partial charge in [-0.25, -0.2) is 0 Å². The van der Waals surface area contributed by atoms with E-state index in [9.17, 15) is 0 Å². The Kier molecular flexibility index (Phi) is 7.42. The first-order valence-corrected chi connectivity index (χ1v) is 8.29. The van der Waals surface area contributed by atoms with Gasteiger partial charge in [-0.05, 0) is 24.7 Å². The van der Waals surface area contributed by atoms with Crippen molar-refractivity contribution in [3.8, 4) is 0 Å². The molecule has 0 aliphatic carbocycles. The van der Waals surface area contributed by atoms with Crippen LogP contribution in [0.1, 0.15) is 71.3 Å². The summed E-state index contributed by atoms with van der Waals surface area (Å²) in [5, 5.41) is 10.8. The Labute approximate surface area is 135 Å². The van der Waals surface area contributed by atoms with Crippen LogP contribution < -0.4 is 10.6 Å². The van der Waals surface area contributed by atoms with Gasteiger partial charge < -0.3 is 15.2 Å². The van der Waals surface area contributed by atoms with Crippen molar-refractivity contribution in [1.29, 1.82) is 0 Å². The van der Waals surface area contributed by atoms with Gasteiger partial charge in [0.15, 0.2) is 11.7 Å². The molecule has 1 rings (SSSR count). The molecule has 0 atom stereocenters. The Morgan fingerprint density at radius 1 is 1.27 bits per heavy atom. The third-order valence-electron chi connectivity index (χ3n) is 3.80. The number of aliphatic imine (C=N–C) groups is 1. The van der Waals surface area contributed by atoms with Crippen LogP contribution in [-0.4, -0.2) is 24.7 Å². The largest absolute Gasteiger partial charge is 0.359 e. The number of rotatable bonds is 7. The fourth-order valence-corrected chi connectivity index (χ4v) is 2.26. The monoisotopic (exact) mass is 308 g/mol. The minimum absolute atomic E-state index is 0.320. The zero-order valence-electron chi connectivity index (χ0n) is 15.0. The predicted molar refractivity (Wildman–Crippen MR) is 92.1 cm³/mol. The summed E-state index contributed by atoms with van der Waals surface area (Å²) >= 11 is 0. The molecule has 0 spiro atoms. The van der Waals surface area contributed by atoms with E-state index in [-0.39, 0.29) is 0 Å².